The summed E-state index contributed by atoms with van der Waals surface area (Å²) < 4.78 is 0. The van der Waals surface area contributed by atoms with Gasteiger partial charge in [0.25, 0.3) is 0 Å². The molecule has 2 aromatic carbocycles. The predicted octanol–water partition coefficient (Wildman–Crippen LogP) is 3.34. The van der Waals surface area contributed by atoms with Crippen LogP contribution < -0.4 is 10.6 Å². The molecule has 0 radical (unpaired) electrons. The van der Waals surface area contributed by atoms with Gasteiger partial charge in [0.15, 0.2) is 10.9 Å². The highest BCUT2D eigenvalue weighted by Crippen LogP contribution is 2.10. The Morgan fingerprint density at radius 2 is 1.65 bits per heavy atom. The number of carbonyl (C=O) groups is 2. The van der Waals surface area contributed by atoms with E-state index in [1.807, 2.05) is 30.3 Å². The van der Waals surface area contributed by atoms with Gasteiger partial charge >= 0.3 is 0 Å². The van der Waals surface area contributed by atoms with Crippen LogP contribution in [-0.4, -0.2) is 16.8 Å². The average molecular weight is 326 g/mol. The van der Waals surface area contributed by atoms with Crippen LogP contribution in [0.15, 0.2) is 54.6 Å². The quantitative estimate of drug-likeness (QED) is 0.653. The van der Waals surface area contributed by atoms with E-state index in [4.69, 9.17) is 12.2 Å². The SMILES string of the molecule is CC(=O)c1ccc(NC(=S)NC(=O)CCc2ccccc2)cc1. The summed E-state index contributed by atoms with van der Waals surface area (Å²) in [6, 6.07) is 16.7. The Bertz CT molecular complexity index is 697. The minimum absolute atomic E-state index is 0.00772. The first kappa shape index (κ1) is 16.8. The second-order valence-electron chi connectivity index (χ2n) is 5.12. The molecule has 0 atom stereocenters. The third-order valence-electron chi connectivity index (χ3n) is 3.29. The van der Waals surface area contributed by atoms with Crippen LogP contribution in [0.5, 0.6) is 0 Å². The third-order valence-corrected chi connectivity index (χ3v) is 3.49. The topological polar surface area (TPSA) is 58.2 Å². The van der Waals surface area contributed by atoms with Gasteiger partial charge in [-0.15, -0.1) is 0 Å². The highest BCUT2D eigenvalue weighted by molar-refractivity contribution is 7.80. The molecule has 23 heavy (non-hydrogen) atoms. The van der Waals surface area contributed by atoms with E-state index >= 15 is 0 Å². The van der Waals surface area contributed by atoms with E-state index in [0.717, 1.165) is 11.3 Å². The van der Waals surface area contributed by atoms with Gasteiger partial charge < -0.3 is 10.6 Å². The van der Waals surface area contributed by atoms with E-state index in [-0.39, 0.29) is 16.8 Å². The molecule has 2 rings (SSSR count). The lowest BCUT2D eigenvalue weighted by Crippen LogP contribution is -2.34. The first-order chi connectivity index (χ1) is 11.0. The summed E-state index contributed by atoms with van der Waals surface area (Å²) in [5, 5.41) is 5.82. The standard InChI is InChI=1S/C18H18N2O2S/c1-13(21)15-8-10-16(11-9-15)19-18(23)20-17(22)12-7-14-5-3-2-4-6-14/h2-6,8-11H,7,12H2,1H3,(H2,19,20,22,23). The summed E-state index contributed by atoms with van der Waals surface area (Å²) in [6.07, 6.45) is 1.04. The molecule has 0 aliphatic heterocycles. The molecular formula is C18H18N2O2S. The molecule has 5 heteroatoms. The van der Waals surface area contributed by atoms with Crippen LogP contribution in [0, 0.1) is 0 Å². The van der Waals surface area contributed by atoms with Crippen molar-refractivity contribution < 1.29 is 9.59 Å². The number of anilines is 1. The van der Waals surface area contributed by atoms with Crippen molar-refractivity contribution in [3.63, 3.8) is 0 Å². The van der Waals surface area contributed by atoms with Crippen LogP contribution in [0.1, 0.15) is 29.3 Å². The van der Waals surface area contributed by atoms with Crippen LogP contribution in [0.4, 0.5) is 5.69 Å². The lowest BCUT2D eigenvalue weighted by molar-refractivity contribution is -0.119. The highest BCUT2D eigenvalue weighted by atomic mass is 32.1. The number of hydrogen-bond acceptors (Lipinski definition) is 3. The first-order valence-electron chi connectivity index (χ1n) is 7.30. The smallest absolute Gasteiger partial charge is 0.226 e. The second-order valence-corrected chi connectivity index (χ2v) is 5.53. The van der Waals surface area contributed by atoms with Crippen LogP contribution in [-0.2, 0) is 11.2 Å². The maximum absolute atomic E-state index is 11.9. The van der Waals surface area contributed by atoms with Gasteiger partial charge in [-0.1, -0.05) is 30.3 Å². The third kappa shape index (κ3) is 5.64. The Morgan fingerprint density at radius 1 is 1.00 bits per heavy atom. The average Bonchev–Trinajstić information content (AvgIpc) is 2.54. The number of carbonyl (C=O) groups excluding carboxylic acids is 2. The van der Waals surface area contributed by atoms with Gasteiger partial charge in [-0.2, -0.15) is 0 Å². The molecule has 0 aromatic heterocycles. The van der Waals surface area contributed by atoms with Gasteiger partial charge in [0.2, 0.25) is 5.91 Å². The van der Waals surface area contributed by atoms with Crippen molar-refractivity contribution in [1.29, 1.82) is 0 Å². The first-order valence-corrected chi connectivity index (χ1v) is 7.71. The molecule has 0 saturated heterocycles. The number of amides is 1. The van der Waals surface area contributed by atoms with Crippen LogP contribution in [0.2, 0.25) is 0 Å². The molecule has 4 nitrogen and oxygen atoms in total. The monoisotopic (exact) mass is 326 g/mol. The summed E-state index contributed by atoms with van der Waals surface area (Å²) in [5.41, 5.74) is 2.47. The zero-order valence-electron chi connectivity index (χ0n) is 12.8. The Balaban J connectivity index is 1.79. The Labute approximate surface area is 140 Å². The zero-order chi connectivity index (χ0) is 16.7. The predicted molar refractivity (Wildman–Crippen MR) is 95.6 cm³/mol. The fraction of sp³-hybridized carbons (Fsp3) is 0.167. The summed E-state index contributed by atoms with van der Waals surface area (Å²) >= 11 is 5.12. The van der Waals surface area contributed by atoms with E-state index in [9.17, 15) is 9.59 Å². The van der Waals surface area contributed by atoms with E-state index in [0.29, 0.717) is 18.4 Å². The number of nitrogens with one attached hydrogen (secondary N) is 2. The molecule has 0 aliphatic carbocycles. The lowest BCUT2D eigenvalue weighted by Gasteiger charge is -2.10. The molecule has 0 unspecified atom stereocenters. The molecule has 2 N–H and O–H groups in total. The van der Waals surface area contributed by atoms with Crippen molar-refractivity contribution >= 4 is 34.7 Å². The molecule has 118 valence electrons. The van der Waals surface area contributed by atoms with Gasteiger partial charge in [-0.25, -0.2) is 0 Å². The number of benzene rings is 2. The molecular weight excluding hydrogens is 308 g/mol. The van der Waals surface area contributed by atoms with Gasteiger partial charge in [-0.3, -0.25) is 9.59 Å². The number of rotatable bonds is 5. The maximum Gasteiger partial charge on any atom is 0.226 e. The van der Waals surface area contributed by atoms with Crippen molar-refractivity contribution in [3.8, 4) is 0 Å². The summed E-state index contributed by atoms with van der Waals surface area (Å²) in [7, 11) is 0. The maximum atomic E-state index is 11.9. The molecule has 1 amide bonds. The van der Waals surface area contributed by atoms with Crippen molar-refractivity contribution in [2.75, 3.05) is 5.32 Å². The largest absolute Gasteiger partial charge is 0.332 e. The molecule has 0 fully saturated rings. The van der Waals surface area contributed by atoms with Crippen LogP contribution >= 0.6 is 12.2 Å². The summed E-state index contributed by atoms with van der Waals surface area (Å²) in [5.74, 6) is -0.125. The highest BCUT2D eigenvalue weighted by Gasteiger charge is 2.06. The minimum Gasteiger partial charge on any atom is -0.332 e. The normalized spacial score (nSPS) is 9.96. The number of Topliss-reactive ketones (excluding diaryl/α,β-unsaturated/α-hetero) is 1. The van der Waals surface area contributed by atoms with Crippen molar-refractivity contribution in [1.82, 2.24) is 5.32 Å². The van der Waals surface area contributed by atoms with Gasteiger partial charge in [-0.05, 0) is 55.4 Å². The Kier molecular flexibility index (Phi) is 6.00. The summed E-state index contributed by atoms with van der Waals surface area (Å²) in [4.78, 5) is 23.1. The molecule has 0 saturated carbocycles. The fourth-order valence-electron chi connectivity index (χ4n) is 2.04. The molecule has 0 spiro atoms. The Hall–Kier alpha value is -2.53. The summed E-state index contributed by atoms with van der Waals surface area (Å²) in [6.45, 7) is 1.51. The van der Waals surface area contributed by atoms with Crippen LogP contribution in [0.3, 0.4) is 0 Å². The minimum atomic E-state index is -0.133. The second kappa shape index (κ2) is 8.19. The molecule has 2 aromatic rings. The fourth-order valence-corrected chi connectivity index (χ4v) is 2.27. The number of ketones is 1. The van der Waals surface area contributed by atoms with E-state index in [1.165, 1.54) is 6.92 Å². The van der Waals surface area contributed by atoms with Crippen molar-refractivity contribution in [3.05, 3.63) is 65.7 Å². The zero-order valence-corrected chi connectivity index (χ0v) is 13.7. The number of hydrogen-bond donors (Lipinski definition) is 2. The molecule has 0 heterocycles. The number of thiocarbonyl (C=S) groups is 1. The van der Waals surface area contributed by atoms with E-state index < -0.39 is 0 Å². The lowest BCUT2D eigenvalue weighted by atomic mass is 10.1. The van der Waals surface area contributed by atoms with Crippen molar-refractivity contribution in [2.24, 2.45) is 0 Å². The molecule has 0 bridgehead atoms. The Morgan fingerprint density at radius 3 is 2.26 bits per heavy atom. The van der Waals surface area contributed by atoms with Gasteiger partial charge in [0, 0.05) is 17.7 Å². The van der Waals surface area contributed by atoms with E-state index in [1.54, 1.807) is 24.3 Å². The molecule has 0 aliphatic rings. The van der Waals surface area contributed by atoms with Gasteiger partial charge in [0.1, 0.15) is 0 Å². The van der Waals surface area contributed by atoms with Crippen LogP contribution in [0.25, 0.3) is 0 Å². The van der Waals surface area contributed by atoms with Crippen molar-refractivity contribution in [2.45, 2.75) is 19.8 Å². The van der Waals surface area contributed by atoms with Gasteiger partial charge in [0.05, 0.1) is 0 Å². The number of aryl methyl sites for hydroxylation is 1. The van der Waals surface area contributed by atoms with E-state index in [2.05, 4.69) is 10.6 Å².